The van der Waals surface area contributed by atoms with E-state index in [2.05, 4.69) is 55.2 Å². The Morgan fingerprint density at radius 3 is 2.78 bits per heavy atom. The second kappa shape index (κ2) is 5.36. The Balaban J connectivity index is 2.26. The van der Waals surface area contributed by atoms with Crippen molar-refractivity contribution in [2.45, 2.75) is 39.7 Å². The van der Waals surface area contributed by atoms with Gasteiger partial charge in [0.05, 0.1) is 5.69 Å². The van der Waals surface area contributed by atoms with Gasteiger partial charge in [0.2, 0.25) is 0 Å². The third-order valence-electron chi connectivity index (χ3n) is 3.31. The van der Waals surface area contributed by atoms with Crippen molar-refractivity contribution >= 4 is 0 Å². The van der Waals surface area contributed by atoms with E-state index in [0.29, 0.717) is 0 Å². The zero-order valence-corrected chi connectivity index (χ0v) is 11.3. The third-order valence-corrected chi connectivity index (χ3v) is 3.31. The Hall–Kier alpha value is -1.61. The number of H-pyrrole nitrogens is 1. The number of nitrogens with two attached hydrogens (primary N) is 1. The highest BCUT2D eigenvalue weighted by atomic mass is 15.1. The fourth-order valence-corrected chi connectivity index (χ4v) is 2.04. The normalized spacial score (nSPS) is 12.7. The number of aryl methyl sites for hydroxylation is 2. The zero-order valence-electron chi connectivity index (χ0n) is 11.3. The first kappa shape index (κ1) is 12.8. The van der Waals surface area contributed by atoms with E-state index in [1.165, 1.54) is 16.7 Å². The lowest BCUT2D eigenvalue weighted by atomic mass is 10.0. The minimum Gasteiger partial charge on any atom is -0.327 e. The van der Waals surface area contributed by atoms with Crippen LogP contribution in [0.25, 0.3) is 11.3 Å². The van der Waals surface area contributed by atoms with Gasteiger partial charge in [-0.25, -0.2) is 0 Å². The molecule has 0 aliphatic carbocycles. The molecule has 0 saturated heterocycles. The summed E-state index contributed by atoms with van der Waals surface area (Å²) in [5.74, 6) is 0. The molecule has 3 nitrogen and oxygen atoms in total. The maximum Gasteiger partial charge on any atom is 0.0926 e. The Morgan fingerprint density at radius 2 is 2.06 bits per heavy atom. The highest BCUT2D eigenvalue weighted by molar-refractivity contribution is 5.64. The molecule has 1 unspecified atom stereocenters. The molecule has 3 heteroatoms. The van der Waals surface area contributed by atoms with Crippen LogP contribution in [0.3, 0.4) is 0 Å². The molecule has 0 aliphatic rings. The molecule has 2 rings (SSSR count). The van der Waals surface area contributed by atoms with Crippen molar-refractivity contribution in [1.82, 2.24) is 10.2 Å². The lowest BCUT2D eigenvalue weighted by Gasteiger charge is -2.05. The summed E-state index contributed by atoms with van der Waals surface area (Å²) in [5.41, 5.74) is 11.8. The zero-order chi connectivity index (χ0) is 13.1. The van der Waals surface area contributed by atoms with Crippen LogP contribution < -0.4 is 5.73 Å². The fraction of sp³-hybridized carbons (Fsp3) is 0.400. The second-order valence-corrected chi connectivity index (χ2v) is 4.97. The molecule has 2 aromatic rings. The maximum absolute atomic E-state index is 5.96. The summed E-state index contributed by atoms with van der Waals surface area (Å²) in [5, 5.41) is 7.48. The monoisotopic (exact) mass is 243 g/mol. The third kappa shape index (κ3) is 2.79. The number of rotatable bonds is 4. The van der Waals surface area contributed by atoms with Gasteiger partial charge < -0.3 is 5.73 Å². The quantitative estimate of drug-likeness (QED) is 0.867. The second-order valence-electron chi connectivity index (χ2n) is 4.97. The summed E-state index contributed by atoms with van der Waals surface area (Å²) < 4.78 is 0. The molecule has 1 aromatic heterocycles. The van der Waals surface area contributed by atoms with Crippen LogP contribution in [0.15, 0.2) is 24.3 Å². The van der Waals surface area contributed by atoms with E-state index in [4.69, 9.17) is 5.73 Å². The first-order valence-electron chi connectivity index (χ1n) is 6.47. The number of aromatic nitrogens is 2. The first-order valence-corrected chi connectivity index (χ1v) is 6.47. The summed E-state index contributed by atoms with van der Waals surface area (Å²) in [6, 6.07) is 8.75. The average molecular weight is 243 g/mol. The Bertz CT molecular complexity index is 528. The van der Waals surface area contributed by atoms with E-state index in [0.717, 1.165) is 24.2 Å². The van der Waals surface area contributed by atoms with Crippen molar-refractivity contribution in [2.24, 2.45) is 5.73 Å². The number of hydrogen-bond acceptors (Lipinski definition) is 2. The fourth-order valence-electron chi connectivity index (χ4n) is 2.04. The summed E-state index contributed by atoms with van der Waals surface area (Å²) in [7, 11) is 0. The lowest BCUT2D eigenvalue weighted by Crippen LogP contribution is -2.21. The van der Waals surface area contributed by atoms with Crippen LogP contribution in [0.5, 0.6) is 0 Å². The average Bonchev–Trinajstić information content (AvgIpc) is 2.80. The molecule has 1 atom stereocenters. The molecule has 96 valence electrons. The minimum atomic E-state index is 0.205. The van der Waals surface area contributed by atoms with E-state index < -0.39 is 0 Å². The molecule has 0 bridgehead atoms. The van der Waals surface area contributed by atoms with Gasteiger partial charge >= 0.3 is 0 Å². The van der Waals surface area contributed by atoms with E-state index >= 15 is 0 Å². The standard InChI is InChI=1S/C15H21N3/c1-4-12(16)8-13-9-15(18-17-13)14-7-10(2)5-6-11(14)3/h5-7,9,12H,4,8,16H2,1-3H3,(H,17,18). The number of aromatic amines is 1. The number of benzene rings is 1. The van der Waals surface area contributed by atoms with E-state index in [1.54, 1.807) is 0 Å². The molecule has 3 N–H and O–H groups in total. The predicted molar refractivity (Wildman–Crippen MR) is 75.5 cm³/mol. The number of nitrogens with one attached hydrogen (secondary N) is 1. The number of hydrogen-bond donors (Lipinski definition) is 2. The topological polar surface area (TPSA) is 54.7 Å². The van der Waals surface area contributed by atoms with Gasteiger partial charge in [0.15, 0.2) is 0 Å². The summed E-state index contributed by atoms with van der Waals surface area (Å²) >= 11 is 0. The van der Waals surface area contributed by atoms with Crippen molar-refractivity contribution in [3.8, 4) is 11.3 Å². The molecule has 0 fully saturated rings. The molecule has 18 heavy (non-hydrogen) atoms. The van der Waals surface area contributed by atoms with E-state index in [9.17, 15) is 0 Å². The van der Waals surface area contributed by atoms with Crippen LogP contribution >= 0.6 is 0 Å². The minimum absolute atomic E-state index is 0.205. The molecular formula is C15H21N3. The first-order chi connectivity index (χ1) is 8.60. The van der Waals surface area contributed by atoms with Crippen LogP contribution in [0.1, 0.15) is 30.2 Å². The van der Waals surface area contributed by atoms with Crippen LogP contribution in [-0.4, -0.2) is 16.2 Å². The van der Waals surface area contributed by atoms with Crippen molar-refractivity contribution in [3.63, 3.8) is 0 Å². The summed E-state index contributed by atoms with van der Waals surface area (Å²) in [6.45, 7) is 6.32. The molecule has 0 amide bonds. The Labute approximate surface area is 108 Å². The van der Waals surface area contributed by atoms with Crippen LogP contribution in [0.2, 0.25) is 0 Å². The summed E-state index contributed by atoms with van der Waals surface area (Å²) in [6.07, 6.45) is 1.84. The molecule has 0 spiro atoms. The van der Waals surface area contributed by atoms with Crippen LogP contribution in [0, 0.1) is 13.8 Å². The smallest absolute Gasteiger partial charge is 0.0926 e. The van der Waals surface area contributed by atoms with E-state index in [-0.39, 0.29) is 6.04 Å². The molecule has 1 aromatic carbocycles. The summed E-state index contributed by atoms with van der Waals surface area (Å²) in [4.78, 5) is 0. The highest BCUT2D eigenvalue weighted by Gasteiger charge is 2.09. The molecule has 0 radical (unpaired) electrons. The van der Waals surface area contributed by atoms with E-state index in [1.807, 2.05) is 0 Å². The molecular weight excluding hydrogens is 222 g/mol. The number of nitrogens with zero attached hydrogens (tertiary/aromatic N) is 1. The van der Waals surface area contributed by atoms with Gasteiger partial charge in [-0.1, -0.05) is 24.6 Å². The molecule has 0 aliphatic heterocycles. The Morgan fingerprint density at radius 1 is 1.28 bits per heavy atom. The van der Waals surface area contributed by atoms with Gasteiger partial charge in [-0.15, -0.1) is 0 Å². The molecule has 0 saturated carbocycles. The van der Waals surface area contributed by atoms with Crippen LogP contribution in [0.4, 0.5) is 0 Å². The van der Waals surface area contributed by atoms with Gasteiger partial charge in [-0.3, -0.25) is 5.10 Å². The lowest BCUT2D eigenvalue weighted by molar-refractivity contribution is 0.635. The van der Waals surface area contributed by atoms with Crippen molar-refractivity contribution < 1.29 is 0 Å². The maximum atomic E-state index is 5.96. The Kier molecular flexibility index (Phi) is 3.82. The van der Waals surface area contributed by atoms with Crippen molar-refractivity contribution in [3.05, 3.63) is 41.1 Å². The largest absolute Gasteiger partial charge is 0.327 e. The SMILES string of the molecule is CCC(N)Cc1cc(-c2cc(C)ccc2C)n[nH]1. The van der Waals surface area contributed by atoms with Gasteiger partial charge in [-0.2, -0.15) is 5.10 Å². The van der Waals surface area contributed by atoms with Gasteiger partial charge in [0, 0.05) is 23.7 Å². The van der Waals surface area contributed by atoms with Gasteiger partial charge in [-0.05, 0) is 38.0 Å². The molecule has 1 heterocycles. The van der Waals surface area contributed by atoms with Crippen LogP contribution in [-0.2, 0) is 6.42 Å². The van der Waals surface area contributed by atoms with Crippen molar-refractivity contribution in [2.75, 3.05) is 0 Å². The predicted octanol–water partition coefficient (Wildman–Crippen LogP) is 2.97. The van der Waals surface area contributed by atoms with Gasteiger partial charge in [0.1, 0.15) is 0 Å². The van der Waals surface area contributed by atoms with Gasteiger partial charge in [0.25, 0.3) is 0 Å². The van der Waals surface area contributed by atoms with Crippen molar-refractivity contribution in [1.29, 1.82) is 0 Å². The highest BCUT2D eigenvalue weighted by Crippen LogP contribution is 2.23.